The van der Waals surface area contributed by atoms with Crippen molar-refractivity contribution in [3.05, 3.63) is 39.3 Å². The van der Waals surface area contributed by atoms with E-state index in [0.717, 1.165) is 43.4 Å². The topological polar surface area (TPSA) is 205 Å². The van der Waals surface area contributed by atoms with Crippen LogP contribution in [0.3, 0.4) is 0 Å². The highest BCUT2D eigenvalue weighted by molar-refractivity contribution is 5.90. The molecule has 0 amide bonds. The predicted octanol–water partition coefficient (Wildman–Crippen LogP) is 0.820. The van der Waals surface area contributed by atoms with Gasteiger partial charge in [-0.05, 0) is 44.0 Å². The van der Waals surface area contributed by atoms with Gasteiger partial charge in [0, 0.05) is 27.7 Å². The van der Waals surface area contributed by atoms with Crippen LogP contribution < -0.4 is 11.3 Å². The minimum Gasteiger partial charge on any atom is -0.462 e. The zero-order valence-corrected chi connectivity index (χ0v) is 23.7. The number of esters is 4. The maximum Gasteiger partial charge on any atom is 0.389 e. The van der Waals surface area contributed by atoms with Crippen LogP contribution in [0.4, 0.5) is 0 Å². The Bertz CT molecular complexity index is 1440. The molecule has 1 aromatic heterocycles. The van der Waals surface area contributed by atoms with Gasteiger partial charge in [-0.1, -0.05) is 5.16 Å². The summed E-state index contributed by atoms with van der Waals surface area (Å²) in [6.45, 7) is 8.16. The van der Waals surface area contributed by atoms with Crippen LogP contribution in [0, 0.1) is 13.8 Å². The first kappa shape index (κ1) is 32.4. The second-order valence-corrected chi connectivity index (χ2v) is 9.09. The van der Waals surface area contributed by atoms with E-state index in [-0.39, 0.29) is 16.9 Å². The van der Waals surface area contributed by atoms with E-state index in [1.54, 1.807) is 26.0 Å². The molecule has 0 aliphatic rings. The molecule has 2 N–H and O–H groups in total. The van der Waals surface area contributed by atoms with Crippen molar-refractivity contribution in [1.82, 2.24) is 9.55 Å². The van der Waals surface area contributed by atoms with E-state index in [9.17, 15) is 28.8 Å². The number of carbonyl (C=O) groups excluding carboxylic acids is 5. The summed E-state index contributed by atoms with van der Waals surface area (Å²) < 4.78 is 22.1. The summed E-state index contributed by atoms with van der Waals surface area (Å²) >= 11 is 0. The molecule has 15 nitrogen and oxygen atoms in total. The summed E-state index contributed by atoms with van der Waals surface area (Å²) in [5, 5.41) is 3.37. The molecule has 0 spiro atoms. The van der Waals surface area contributed by atoms with E-state index < -0.39 is 72.6 Å². The largest absolute Gasteiger partial charge is 0.462 e. The van der Waals surface area contributed by atoms with Gasteiger partial charge in [-0.3, -0.25) is 24.0 Å². The van der Waals surface area contributed by atoms with Crippen molar-refractivity contribution < 1.29 is 47.8 Å². The fraction of sp³-hybridized carbons (Fsp3) is 0.462. The van der Waals surface area contributed by atoms with Crippen LogP contribution in [0.25, 0.3) is 11.0 Å². The van der Waals surface area contributed by atoms with Gasteiger partial charge in [-0.25, -0.2) is 9.78 Å². The van der Waals surface area contributed by atoms with Crippen molar-refractivity contribution in [2.24, 2.45) is 10.9 Å². The first-order valence-corrected chi connectivity index (χ1v) is 12.3. The molecule has 222 valence electrons. The molecule has 1 aromatic carbocycles. The lowest BCUT2D eigenvalue weighted by molar-refractivity contribution is -0.190. The number of rotatable bonds is 11. The van der Waals surface area contributed by atoms with E-state index in [2.05, 4.69) is 10.1 Å². The summed E-state index contributed by atoms with van der Waals surface area (Å²) in [6.07, 6.45) is -4.49. The molecule has 0 aliphatic carbocycles. The van der Waals surface area contributed by atoms with E-state index >= 15 is 0 Å². The predicted molar refractivity (Wildman–Crippen MR) is 141 cm³/mol. The van der Waals surface area contributed by atoms with Gasteiger partial charge in [0.15, 0.2) is 18.3 Å². The lowest BCUT2D eigenvalue weighted by Gasteiger charge is -2.32. The molecule has 41 heavy (non-hydrogen) atoms. The average Bonchev–Trinajstić information content (AvgIpc) is 2.85. The first-order chi connectivity index (χ1) is 19.1. The third-order valence-electron chi connectivity index (χ3n) is 5.51. The molecule has 0 saturated heterocycles. The number of nitrogens with zero attached hydrogens (tertiary/aromatic N) is 3. The van der Waals surface area contributed by atoms with Crippen LogP contribution in [-0.4, -0.2) is 70.2 Å². The van der Waals surface area contributed by atoms with E-state index in [0.29, 0.717) is 0 Å². The van der Waals surface area contributed by atoms with E-state index in [1.807, 2.05) is 0 Å². The molecule has 3 atom stereocenters. The highest BCUT2D eigenvalue weighted by Gasteiger charge is 2.39. The Morgan fingerprint density at radius 1 is 0.878 bits per heavy atom. The Morgan fingerprint density at radius 2 is 1.44 bits per heavy atom. The van der Waals surface area contributed by atoms with Crippen LogP contribution in [-0.2, 0) is 49.5 Å². The maximum atomic E-state index is 13.6. The monoisotopic (exact) mass is 576 g/mol. The van der Waals surface area contributed by atoms with Gasteiger partial charge in [0.2, 0.25) is 5.69 Å². The summed E-state index contributed by atoms with van der Waals surface area (Å²) in [5.41, 5.74) is 5.79. The number of ether oxygens (including phenoxy) is 4. The van der Waals surface area contributed by atoms with Crippen LogP contribution in [0.1, 0.15) is 56.2 Å². The van der Waals surface area contributed by atoms with Crippen LogP contribution in [0.2, 0.25) is 0 Å². The van der Waals surface area contributed by atoms with Crippen LogP contribution in [0.5, 0.6) is 0 Å². The van der Waals surface area contributed by atoms with E-state index in [1.165, 1.54) is 6.92 Å². The third-order valence-corrected chi connectivity index (χ3v) is 5.51. The number of nitrogens with two attached hydrogens (primary N) is 1. The molecular formula is C26H32N4O11. The molecule has 0 fully saturated rings. The fourth-order valence-corrected chi connectivity index (χ4v) is 3.76. The van der Waals surface area contributed by atoms with E-state index in [4.69, 9.17) is 29.5 Å². The Kier molecular flexibility index (Phi) is 11.1. The lowest BCUT2D eigenvalue weighted by Crippen LogP contribution is -2.50. The van der Waals surface area contributed by atoms with Crippen molar-refractivity contribution in [2.75, 3.05) is 6.61 Å². The Labute approximate surface area is 234 Å². The number of benzene rings is 1. The van der Waals surface area contributed by atoms with Gasteiger partial charge in [0.1, 0.15) is 12.4 Å². The summed E-state index contributed by atoms with van der Waals surface area (Å²) in [6, 6.07) is 3.26. The number of aromatic nitrogens is 2. The smallest absolute Gasteiger partial charge is 0.389 e. The Morgan fingerprint density at radius 3 is 1.98 bits per heavy atom. The number of aryl methyl sites for hydroxylation is 2. The molecule has 1 heterocycles. The molecule has 0 aliphatic heterocycles. The maximum absolute atomic E-state index is 13.6. The minimum atomic E-state index is -1.55. The minimum absolute atomic E-state index is 0.0885. The van der Waals surface area contributed by atoms with Gasteiger partial charge in [0.25, 0.3) is 5.56 Å². The van der Waals surface area contributed by atoms with Gasteiger partial charge in [-0.2, -0.15) is 0 Å². The zero-order chi connectivity index (χ0) is 31.0. The fourth-order valence-electron chi connectivity index (χ4n) is 3.76. The molecule has 0 radical (unpaired) electrons. The number of oxime groups is 1. The van der Waals surface area contributed by atoms with Gasteiger partial charge >= 0.3 is 29.8 Å². The average molecular weight is 577 g/mol. The van der Waals surface area contributed by atoms with Gasteiger partial charge < -0.3 is 34.1 Å². The van der Waals surface area contributed by atoms with Crippen LogP contribution >= 0.6 is 0 Å². The molecular weight excluding hydrogens is 544 g/mol. The molecule has 15 heteroatoms. The second-order valence-electron chi connectivity index (χ2n) is 9.09. The second kappa shape index (κ2) is 14.0. The van der Waals surface area contributed by atoms with Crippen molar-refractivity contribution in [2.45, 2.75) is 73.3 Å². The Balaban J connectivity index is 2.80. The third kappa shape index (κ3) is 9.12. The normalized spacial score (nSPS) is 13.5. The van der Waals surface area contributed by atoms with Gasteiger partial charge in [0.05, 0.1) is 17.6 Å². The number of hydrogen-bond donors (Lipinski definition) is 1. The summed E-state index contributed by atoms with van der Waals surface area (Å²) in [5.74, 6) is -4.54. The summed E-state index contributed by atoms with van der Waals surface area (Å²) in [7, 11) is 0. The van der Waals surface area contributed by atoms with Crippen molar-refractivity contribution in [3.63, 3.8) is 0 Å². The van der Waals surface area contributed by atoms with Crippen molar-refractivity contribution in [1.29, 1.82) is 0 Å². The highest BCUT2D eigenvalue weighted by Crippen LogP contribution is 2.21. The number of amidine groups is 1. The lowest BCUT2D eigenvalue weighted by atomic mass is 10.1. The molecule has 0 saturated carbocycles. The van der Waals surface area contributed by atoms with Crippen LogP contribution in [0.15, 0.2) is 22.1 Å². The quantitative estimate of drug-likeness (QED) is 0.0983. The molecule has 0 bridgehead atoms. The number of hydrogen-bond acceptors (Lipinski definition) is 13. The SMILES string of the molecule is CC(=O)OC[C@@H](OC(C)=O)[C@@H](OC(C)=O)[C@H](Cn1c(=O)c(C(=O)O/N=C(/C)N)nc2cc(C)c(C)cc21)OC(C)=O. The van der Waals surface area contributed by atoms with Gasteiger partial charge in [-0.15, -0.1) is 0 Å². The molecule has 2 rings (SSSR count). The number of fused-ring (bicyclic) bond motifs is 1. The molecule has 0 unspecified atom stereocenters. The highest BCUT2D eigenvalue weighted by atomic mass is 16.7. The standard InChI is InChI=1S/C26H32N4O11/c1-12-8-19-20(9-13(12)2)30(25(35)23(28-19)26(36)41-29-14(3)27)10-21(38-16(5)32)24(40-18(7)34)22(39-17(6)33)11-37-15(4)31/h8-9,21-22,24H,10-11H2,1-7H3,(H2,27,29)/t21-,22+,24-/m0/s1. The Hall–Kier alpha value is -4.82. The summed E-state index contributed by atoms with van der Waals surface area (Å²) in [4.78, 5) is 82.8. The van der Waals surface area contributed by atoms with Crippen molar-refractivity contribution >= 4 is 46.7 Å². The molecule has 2 aromatic rings. The number of carbonyl (C=O) groups is 5. The van der Waals surface area contributed by atoms with Crippen molar-refractivity contribution in [3.8, 4) is 0 Å². The first-order valence-electron chi connectivity index (χ1n) is 12.3. The zero-order valence-electron chi connectivity index (χ0n) is 23.7.